The van der Waals surface area contributed by atoms with Gasteiger partial charge in [-0.25, -0.2) is 4.98 Å². The lowest BCUT2D eigenvalue weighted by Crippen LogP contribution is -2.52. The quantitative estimate of drug-likeness (QED) is 0.854. The van der Waals surface area contributed by atoms with E-state index < -0.39 is 0 Å². The Bertz CT molecular complexity index is 517. The summed E-state index contributed by atoms with van der Waals surface area (Å²) in [6, 6.07) is 0.544. The van der Waals surface area contributed by atoms with E-state index in [2.05, 4.69) is 15.3 Å². The summed E-state index contributed by atoms with van der Waals surface area (Å²) < 4.78 is 5.93. The zero-order valence-electron chi connectivity index (χ0n) is 13.5. The summed E-state index contributed by atoms with van der Waals surface area (Å²) in [7, 11) is 0. The molecule has 1 aromatic rings. The summed E-state index contributed by atoms with van der Waals surface area (Å²) in [6.45, 7) is 6.93. The molecule has 0 spiro atoms. The molecule has 5 nitrogen and oxygen atoms in total. The van der Waals surface area contributed by atoms with E-state index in [-0.39, 0.29) is 5.91 Å². The molecule has 0 radical (unpaired) electrons. The third-order valence-corrected chi connectivity index (χ3v) is 5.59. The van der Waals surface area contributed by atoms with E-state index in [9.17, 15) is 4.79 Å². The molecule has 2 heterocycles. The topological polar surface area (TPSA) is 45.7 Å². The fourth-order valence-electron chi connectivity index (χ4n) is 3.57. The lowest BCUT2D eigenvalue weighted by molar-refractivity contribution is -0.116. The van der Waals surface area contributed by atoms with Crippen LogP contribution in [0.15, 0.2) is 5.38 Å². The van der Waals surface area contributed by atoms with Gasteiger partial charge in [-0.15, -0.1) is 11.3 Å². The van der Waals surface area contributed by atoms with Gasteiger partial charge in [-0.3, -0.25) is 14.6 Å². The molecule has 1 saturated carbocycles. The highest BCUT2D eigenvalue weighted by Crippen LogP contribution is 2.30. The van der Waals surface area contributed by atoms with Gasteiger partial charge in [0.2, 0.25) is 5.91 Å². The van der Waals surface area contributed by atoms with Crippen LogP contribution < -0.4 is 4.90 Å². The van der Waals surface area contributed by atoms with Crippen molar-refractivity contribution in [2.75, 3.05) is 24.6 Å². The van der Waals surface area contributed by atoms with Crippen molar-refractivity contribution in [1.82, 2.24) is 9.88 Å². The molecule has 1 aliphatic carbocycles. The first-order valence-electron chi connectivity index (χ1n) is 8.27. The van der Waals surface area contributed by atoms with E-state index in [0.717, 1.165) is 30.5 Å². The molecule has 3 rings (SSSR count). The number of morpholine rings is 1. The number of fused-ring (bicyclic) bond motifs is 1. The van der Waals surface area contributed by atoms with Gasteiger partial charge in [-0.05, 0) is 19.8 Å². The van der Waals surface area contributed by atoms with Crippen molar-refractivity contribution < 1.29 is 9.53 Å². The van der Waals surface area contributed by atoms with E-state index in [1.807, 2.05) is 6.92 Å². The number of carbonyl (C=O) groups is 1. The van der Waals surface area contributed by atoms with Crippen molar-refractivity contribution in [3.8, 4) is 0 Å². The zero-order chi connectivity index (χ0) is 15.5. The smallest absolute Gasteiger partial charge is 0.225 e. The average Bonchev–Trinajstić information content (AvgIpc) is 2.96. The van der Waals surface area contributed by atoms with E-state index in [0.29, 0.717) is 18.7 Å². The highest BCUT2D eigenvalue weighted by atomic mass is 32.1. The van der Waals surface area contributed by atoms with Gasteiger partial charge in [0, 0.05) is 38.0 Å². The van der Waals surface area contributed by atoms with Gasteiger partial charge in [-0.1, -0.05) is 12.8 Å². The molecule has 0 bridgehead atoms. The van der Waals surface area contributed by atoms with E-state index in [1.54, 1.807) is 23.2 Å². The fraction of sp³-hybridized carbons (Fsp3) is 0.750. The van der Waals surface area contributed by atoms with E-state index in [4.69, 9.17) is 4.74 Å². The van der Waals surface area contributed by atoms with Crippen LogP contribution in [0.25, 0.3) is 0 Å². The molecule has 6 heteroatoms. The van der Waals surface area contributed by atoms with Crippen LogP contribution in [0.1, 0.15) is 45.2 Å². The molecular weight excluding hydrogens is 298 g/mol. The lowest BCUT2D eigenvalue weighted by atomic mass is 9.90. The van der Waals surface area contributed by atoms with Gasteiger partial charge >= 0.3 is 0 Å². The molecule has 2 unspecified atom stereocenters. The molecule has 1 saturated heterocycles. The van der Waals surface area contributed by atoms with Crippen LogP contribution in [0, 0.1) is 0 Å². The van der Waals surface area contributed by atoms with Crippen molar-refractivity contribution in [3.05, 3.63) is 11.1 Å². The monoisotopic (exact) mass is 323 g/mol. The van der Waals surface area contributed by atoms with Crippen LogP contribution in [-0.2, 0) is 16.1 Å². The van der Waals surface area contributed by atoms with Crippen LogP contribution in [0.3, 0.4) is 0 Å². The Morgan fingerprint density at radius 2 is 2.32 bits per heavy atom. The number of thiazole rings is 1. The standard InChI is InChI=1S/C16H25N3O2S/c1-3-19(12(2)20)16-17-13(11-22-16)10-18-8-9-21-15-7-5-4-6-14(15)18/h11,14-15H,3-10H2,1-2H3. The molecule has 1 aromatic heterocycles. The first-order valence-corrected chi connectivity index (χ1v) is 9.15. The van der Waals surface area contributed by atoms with Crippen LogP contribution in [-0.4, -0.2) is 47.6 Å². The third-order valence-electron chi connectivity index (χ3n) is 4.68. The number of amides is 1. The Morgan fingerprint density at radius 1 is 1.50 bits per heavy atom. The minimum atomic E-state index is 0.0575. The van der Waals surface area contributed by atoms with Gasteiger partial charge < -0.3 is 4.74 Å². The maximum absolute atomic E-state index is 11.6. The molecule has 1 amide bonds. The Morgan fingerprint density at radius 3 is 3.09 bits per heavy atom. The van der Waals surface area contributed by atoms with Crippen molar-refractivity contribution in [2.45, 2.75) is 58.2 Å². The highest BCUT2D eigenvalue weighted by molar-refractivity contribution is 7.14. The number of nitrogens with zero attached hydrogens (tertiary/aromatic N) is 3. The van der Waals surface area contributed by atoms with Gasteiger partial charge in [0.1, 0.15) is 0 Å². The third kappa shape index (κ3) is 3.34. The Labute approximate surface area is 136 Å². The summed E-state index contributed by atoms with van der Waals surface area (Å²) in [5.74, 6) is 0.0575. The maximum atomic E-state index is 11.6. The molecule has 1 aliphatic heterocycles. The molecule has 2 aliphatic rings. The van der Waals surface area contributed by atoms with Gasteiger partial charge in [0.25, 0.3) is 0 Å². The van der Waals surface area contributed by atoms with Gasteiger partial charge in [-0.2, -0.15) is 0 Å². The second-order valence-electron chi connectivity index (χ2n) is 6.12. The number of aromatic nitrogens is 1. The zero-order valence-corrected chi connectivity index (χ0v) is 14.3. The Hall–Kier alpha value is -0.980. The second-order valence-corrected chi connectivity index (χ2v) is 6.95. The largest absolute Gasteiger partial charge is 0.375 e. The number of anilines is 1. The molecule has 0 N–H and O–H groups in total. The highest BCUT2D eigenvalue weighted by Gasteiger charge is 2.34. The van der Waals surface area contributed by atoms with Crippen LogP contribution in [0.5, 0.6) is 0 Å². The summed E-state index contributed by atoms with van der Waals surface area (Å²) in [6.07, 6.45) is 5.43. The van der Waals surface area contributed by atoms with E-state index in [1.165, 1.54) is 25.7 Å². The number of hydrogen-bond donors (Lipinski definition) is 0. The van der Waals surface area contributed by atoms with Crippen molar-refractivity contribution >= 4 is 22.4 Å². The average molecular weight is 323 g/mol. The lowest BCUT2D eigenvalue weighted by Gasteiger charge is -2.43. The minimum Gasteiger partial charge on any atom is -0.375 e. The van der Waals surface area contributed by atoms with Gasteiger partial charge in [0.05, 0.1) is 18.4 Å². The van der Waals surface area contributed by atoms with Crippen LogP contribution in [0.2, 0.25) is 0 Å². The summed E-state index contributed by atoms with van der Waals surface area (Å²) >= 11 is 1.56. The van der Waals surface area contributed by atoms with Crippen LogP contribution in [0.4, 0.5) is 5.13 Å². The SMILES string of the molecule is CCN(C(C)=O)c1nc(CN2CCOC3CCCCC32)cs1. The predicted octanol–water partition coefficient (Wildman–Crippen LogP) is 2.66. The van der Waals surface area contributed by atoms with Crippen LogP contribution >= 0.6 is 11.3 Å². The number of ether oxygens (including phenoxy) is 1. The number of carbonyl (C=O) groups excluding carboxylic acids is 1. The Balaban J connectivity index is 1.67. The summed E-state index contributed by atoms with van der Waals surface area (Å²) in [5, 5.41) is 2.91. The first-order chi connectivity index (χ1) is 10.7. The number of hydrogen-bond acceptors (Lipinski definition) is 5. The fourth-order valence-corrected chi connectivity index (χ4v) is 4.49. The second kappa shape index (κ2) is 7.06. The molecular formula is C16H25N3O2S. The summed E-state index contributed by atoms with van der Waals surface area (Å²) in [4.78, 5) is 20.6. The minimum absolute atomic E-state index is 0.0575. The molecule has 22 heavy (non-hydrogen) atoms. The Kier molecular flexibility index (Phi) is 5.10. The molecule has 2 fully saturated rings. The molecule has 2 atom stereocenters. The van der Waals surface area contributed by atoms with Gasteiger partial charge in [0.15, 0.2) is 5.13 Å². The first kappa shape index (κ1) is 15.9. The maximum Gasteiger partial charge on any atom is 0.225 e. The van der Waals surface area contributed by atoms with Crippen molar-refractivity contribution in [1.29, 1.82) is 0 Å². The number of rotatable bonds is 4. The molecule has 0 aromatic carbocycles. The van der Waals surface area contributed by atoms with Crippen molar-refractivity contribution in [3.63, 3.8) is 0 Å². The summed E-state index contributed by atoms with van der Waals surface area (Å²) in [5.41, 5.74) is 1.07. The van der Waals surface area contributed by atoms with Crippen molar-refractivity contribution in [2.24, 2.45) is 0 Å². The molecule has 122 valence electrons. The normalized spacial score (nSPS) is 25.7. The van der Waals surface area contributed by atoms with E-state index >= 15 is 0 Å². The predicted molar refractivity (Wildman–Crippen MR) is 88.2 cm³/mol.